The van der Waals surface area contributed by atoms with Gasteiger partial charge in [0, 0.05) is 12.3 Å². The molecular weight excluding hydrogens is 342 g/mol. The Kier molecular flexibility index (Phi) is 7.74. The molecule has 1 N–H and O–H groups in total. The van der Waals surface area contributed by atoms with Gasteiger partial charge in [-0.3, -0.25) is 4.79 Å². The van der Waals surface area contributed by atoms with E-state index in [2.05, 4.69) is 5.32 Å². The summed E-state index contributed by atoms with van der Waals surface area (Å²) < 4.78 is 4.86. The standard InChI is InChI=1S/C22H25NO4/c1-16(24)13-14-19(15-17-9-5-3-6-10-17)21(25)23-20(22(26)27-2)18-11-7-4-8-12-18/h3-12,19-20H,13-15H2,1-2H3,(H,23,25)/t19-,20+/m1/s1. The number of Topliss-reactive ketones (excluding diaryl/α,β-unsaturated/α-hetero) is 1. The first-order chi connectivity index (χ1) is 13.0. The molecule has 0 bridgehead atoms. The molecule has 0 aliphatic carbocycles. The van der Waals surface area contributed by atoms with Crippen LogP contribution in [0.25, 0.3) is 0 Å². The van der Waals surface area contributed by atoms with Crippen molar-refractivity contribution in [1.82, 2.24) is 5.32 Å². The molecule has 0 spiro atoms. The number of carbonyl (C=O) groups is 3. The van der Waals surface area contributed by atoms with Gasteiger partial charge in [0.2, 0.25) is 5.91 Å². The average molecular weight is 367 g/mol. The highest BCUT2D eigenvalue weighted by molar-refractivity contribution is 5.87. The second kappa shape index (κ2) is 10.3. The molecule has 1 amide bonds. The third kappa shape index (κ3) is 6.37. The number of nitrogens with one attached hydrogen (secondary N) is 1. The third-order valence-corrected chi connectivity index (χ3v) is 4.40. The highest BCUT2D eigenvalue weighted by Crippen LogP contribution is 2.19. The predicted octanol–water partition coefficient (Wildman–Crippen LogP) is 3.25. The fourth-order valence-electron chi connectivity index (χ4n) is 2.90. The minimum Gasteiger partial charge on any atom is -0.467 e. The van der Waals surface area contributed by atoms with E-state index in [1.165, 1.54) is 14.0 Å². The van der Waals surface area contributed by atoms with E-state index in [4.69, 9.17) is 4.74 Å². The minimum atomic E-state index is -0.876. The van der Waals surface area contributed by atoms with Crippen molar-refractivity contribution >= 4 is 17.7 Å². The lowest BCUT2D eigenvalue weighted by Crippen LogP contribution is -2.39. The Bertz CT molecular complexity index is 758. The largest absolute Gasteiger partial charge is 0.467 e. The van der Waals surface area contributed by atoms with Crippen LogP contribution in [-0.4, -0.2) is 24.8 Å². The number of ketones is 1. The van der Waals surface area contributed by atoms with E-state index in [0.29, 0.717) is 24.8 Å². The molecule has 0 saturated heterocycles. The molecule has 27 heavy (non-hydrogen) atoms. The van der Waals surface area contributed by atoms with Crippen LogP contribution < -0.4 is 5.32 Å². The van der Waals surface area contributed by atoms with E-state index in [1.54, 1.807) is 24.3 Å². The van der Waals surface area contributed by atoms with E-state index in [-0.39, 0.29) is 11.7 Å². The van der Waals surface area contributed by atoms with Crippen molar-refractivity contribution in [2.45, 2.75) is 32.2 Å². The van der Waals surface area contributed by atoms with E-state index >= 15 is 0 Å². The average Bonchev–Trinajstić information content (AvgIpc) is 2.69. The third-order valence-electron chi connectivity index (χ3n) is 4.40. The van der Waals surface area contributed by atoms with E-state index < -0.39 is 17.9 Å². The van der Waals surface area contributed by atoms with Gasteiger partial charge in [-0.1, -0.05) is 60.7 Å². The Balaban J connectivity index is 2.18. The Morgan fingerprint density at radius 2 is 1.56 bits per heavy atom. The Morgan fingerprint density at radius 3 is 2.11 bits per heavy atom. The van der Waals surface area contributed by atoms with Crippen molar-refractivity contribution in [3.8, 4) is 0 Å². The lowest BCUT2D eigenvalue weighted by atomic mass is 9.92. The summed E-state index contributed by atoms with van der Waals surface area (Å²) in [5, 5.41) is 2.80. The monoisotopic (exact) mass is 367 g/mol. The predicted molar refractivity (Wildman–Crippen MR) is 103 cm³/mol. The van der Waals surface area contributed by atoms with Crippen LogP contribution in [0.5, 0.6) is 0 Å². The number of methoxy groups -OCH3 is 1. The molecule has 0 radical (unpaired) electrons. The normalized spacial score (nSPS) is 12.7. The molecule has 2 rings (SSSR count). The SMILES string of the molecule is COC(=O)[C@@H](NC(=O)[C@H](CCC(C)=O)Cc1ccccc1)c1ccccc1. The number of carbonyl (C=O) groups excluding carboxylic acids is 3. The Hall–Kier alpha value is -2.95. The second-order valence-electron chi connectivity index (χ2n) is 6.50. The summed E-state index contributed by atoms with van der Waals surface area (Å²) in [7, 11) is 1.29. The molecule has 0 heterocycles. The summed E-state index contributed by atoms with van der Waals surface area (Å²) in [5.74, 6) is -1.17. The van der Waals surface area contributed by atoms with Crippen LogP contribution in [-0.2, 0) is 25.5 Å². The number of rotatable bonds is 9. The molecule has 0 aromatic heterocycles. The molecule has 0 unspecified atom stereocenters. The molecule has 0 aliphatic rings. The van der Waals surface area contributed by atoms with Gasteiger partial charge in [-0.05, 0) is 30.9 Å². The first-order valence-corrected chi connectivity index (χ1v) is 8.97. The molecule has 2 aromatic carbocycles. The zero-order valence-electron chi connectivity index (χ0n) is 15.7. The van der Waals surface area contributed by atoms with Crippen molar-refractivity contribution in [1.29, 1.82) is 0 Å². The molecular formula is C22H25NO4. The first-order valence-electron chi connectivity index (χ1n) is 8.97. The lowest BCUT2D eigenvalue weighted by Gasteiger charge is -2.21. The number of amides is 1. The molecule has 0 fully saturated rings. The maximum absolute atomic E-state index is 12.9. The number of benzene rings is 2. The maximum Gasteiger partial charge on any atom is 0.333 e. The van der Waals surface area contributed by atoms with Crippen LogP contribution >= 0.6 is 0 Å². The minimum absolute atomic E-state index is 0.0356. The summed E-state index contributed by atoms with van der Waals surface area (Å²) in [6.07, 6.45) is 1.25. The van der Waals surface area contributed by atoms with Crippen molar-refractivity contribution in [3.63, 3.8) is 0 Å². The molecule has 2 atom stereocenters. The Labute approximate surface area is 159 Å². The highest BCUT2D eigenvalue weighted by Gasteiger charge is 2.27. The van der Waals surface area contributed by atoms with E-state index in [0.717, 1.165) is 5.56 Å². The molecule has 142 valence electrons. The smallest absolute Gasteiger partial charge is 0.333 e. The number of esters is 1. The topological polar surface area (TPSA) is 72.5 Å². The fourth-order valence-corrected chi connectivity index (χ4v) is 2.90. The van der Waals surface area contributed by atoms with Gasteiger partial charge in [0.25, 0.3) is 0 Å². The number of hydrogen-bond donors (Lipinski definition) is 1. The van der Waals surface area contributed by atoms with Crippen molar-refractivity contribution in [3.05, 3.63) is 71.8 Å². The number of hydrogen-bond acceptors (Lipinski definition) is 4. The molecule has 5 heteroatoms. The van der Waals surface area contributed by atoms with E-state index in [1.807, 2.05) is 36.4 Å². The Morgan fingerprint density at radius 1 is 0.963 bits per heavy atom. The van der Waals surface area contributed by atoms with Gasteiger partial charge in [-0.25, -0.2) is 4.79 Å². The summed E-state index contributed by atoms with van der Waals surface area (Å²) >= 11 is 0. The maximum atomic E-state index is 12.9. The zero-order chi connectivity index (χ0) is 19.6. The van der Waals surface area contributed by atoms with Gasteiger partial charge in [0.05, 0.1) is 7.11 Å². The van der Waals surface area contributed by atoms with Crippen LogP contribution in [0.3, 0.4) is 0 Å². The summed E-state index contributed by atoms with van der Waals surface area (Å²) in [5.41, 5.74) is 1.67. The van der Waals surface area contributed by atoms with Crippen LogP contribution in [0.15, 0.2) is 60.7 Å². The molecule has 5 nitrogen and oxygen atoms in total. The van der Waals surface area contributed by atoms with E-state index in [9.17, 15) is 14.4 Å². The molecule has 0 saturated carbocycles. The summed E-state index contributed by atoms with van der Waals surface area (Å²) in [6, 6.07) is 17.7. The van der Waals surface area contributed by atoms with Crippen LogP contribution in [0.4, 0.5) is 0 Å². The first kappa shape index (κ1) is 20.4. The van der Waals surface area contributed by atoms with Crippen LogP contribution in [0.2, 0.25) is 0 Å². The van der Waals surface area contributed by atoms with Crippen LogP contribution in [0, 0.1) is 5.92 Å². The van der Waals surface area contributed by atoms with Gasteiger partial charge >= 0.3 is 5.97 Å². The highest BCUT2D eigenvalue weighted by atomic mass is 16.5. The molecule has 2 aromatic rings. The van der Waals surface area contributed by atoms with Gasteiger partial charge in [0.1, 0.15) is 5.78 Å². The van der Waals surface area contributed by atoms with Gasteiger partial charge in [0.15, 0.2) is 6.04 Å². The van der Waals surface area contributed by atoms with Crippen molar-refractivity contribution < 1.29 is 19.1 Å². The summed E-state index contributed by atoms with van der Waals surface area (Å²) in [6.45, 7) is 1.51. The van der Waals surface area contributed by atoms with Gasteiger partial charge in [-0.15, -0.1) is 0 Å². The quantitative estimate of drug-likeness (QED) is 0.691. The van der Waals surface area contributed by atoms with Gasteiger partial charge < -0.3 is 14.8 Å². The van der Waals surface area contributed by atoms with Gasteiger partial charge in [-0.2, -0.15) is 0 Å². The number of ether oxygens (including phenoxy) is 1. The van der Waals surface area contributed by atoms with Crippen molar-refractivity contribution in [2.75, 3.05) is 7.11 Å². The zero-order valence-corrected chi connectivity index (χ0v) is 15.7. The summed E-state index contributed by atoms with van der Waals surface area (Å²) in [4.78, 5) is 36.6. The fraction of sp³-hybridized carbons (Fsp3) is 0.318. The van der Waals surface area contributed by atoms with Crippen molar-refractivity contribution in [2.24, 2.45) is 5.92 Å². The molecule has 0 aliphatic heterocycles. The second-order valence-corrected chi connectivity index (χ2v) is 6.50. The van der Waals surface area contributed by atoms with Crippen LogP contribution in [0.1, 0.15) is 36.9 Å². The lowest BCUT2D eigenvalue weighted by molar-refractivity contribution is -0.146.